The second-order valence-electron chi connectivity index (χ2n) is 5.60. The number of carbonyl (C=O) groups is 2. The van der Waals surface area contributed by atoms with E-state index in [-0.39, 0.29) is 28.3 Å². The Morgan fingerprint density at radius 2 is 2.04 bits per heavy atom. The number of aromatic nitrogens is 1. The van der Waals surface area contributed by atoms with Crippen molar-refractivity contribution in [3.05, 3.63) is 46.6 Å². The van der Waals surface area contributed by atoms with Gasteiger partial charge in [0.05, 0.1) is 4.92 Å². The average Bonchev–Trinajstić information content (AvgIpc) is 3.09. The Hall–Kier alpha value is -2.56. The average molecular weight is 415 g/mol. The molecular weight excluding hydrogens is 396 g/mol. The molecule has 0 spiro atoms. The highest BCUT2D eigenvalue weighted by Gasteiger charge is 2.48. The summed E-state index contributed by atoms with van der Waals surface area (Å²) in [6, 6.07) is 8.25. The van der Waals surface area contributed by atoms with Crippen LogP contribution in [0, 0.1) is 16.0 Å². The lowest BCUT2D eigenvalue weighted by Gasteiger charge is -2.30. The summed E-state index contributed by atoms with van der Waals surface area (Å²) in [6.07, 6.45) is 1.45. The molecule has 0 saturated heterocycles. The number of thiazole rings is 1. The van der Waals surface area contributed by atoms with Crippen molar-refractivity contribution in [1.29, 1.82) is 0 Å². The second-order valence-corrected chi connectivity index (χ2v) is 6.60. The van der Waals surface area contributed by atoms with E-state index in [9.17, 15) is 19.7 Å². The number of para-hydroxylation sites is 1. The Morgan fingerprint density at radius 1 is 1.41 bits per heavy atom. The van der Waals surface area contributed by atoms with Gasteiger partial charge in [0.2, 0.25) is 0 Å². The number of rotatable bonds is 7. The number of anilines is 1. The number of nitrogens with zero attached hydrogens (tertiary/aromatic N) is 2. The van der Waals surface area contributed by atoms with Crippen LogP contribution in [-0.4, -0.2) is 27.3 Å². The molecule has 0 aliphatic heterocycles. The van der Waals surface area contributed by atoms with Crippen molar-refractivity contribution in [3.63, 3.8) is 0 Å². The number of halogens is 1. The first kappa shape index (κ1) is 22.5. The SMILES string of the molecule is CC[C@H](C)[C@](N)(C(=O)Nc1ncc([N+](=O)[O-])s1)C(=O)Oc1ccccc1.Cl. The van der Waals surface area contributed by atoms with Crippen molar-refractivity contribution < 1.29 is 19.2 Å². The number of nitrogens with one attached hydrogen (secondary N) is 1. The van der Waals surface area contributed by atoms with E-state index in [2.05, 4.69) is 10.3 Å². The van der Waals surface area contributed by atoms with Gasteiger partial charge in [0.25, 0.3) is 5.91 Å². The van der Waals surface area contributed by atoms with Crippen molar-refractivity contribution in [1.82, 2.24) is 4.98 Å². The molecule has 2 rings (SSSR count). The molecule has 0 fully saturated rings. The maximum Gasteiger partial charge on any atom is 0.345 e. The number of ether oxygens (including phenoxy) is 1. The second kappa shape index (κ2) is 9.40. The molecule has 1 aromatic carbocycles. The van der Waals surface area contributed by atoms with Gasteiger partial charge in [-0.05, 0) is 29.4 Å². The fourth-order valence-electron chi connectivity index (χ4n) is 2.13. The molecule has 11 heteroatoms. The number of hydrogen-bond acceptors (Lipinski definition) is 8. The molecule has 0 aliphatic rings. The van der Waals surface area contributed by atoms with Gasteiger partial charge in [0, 0.05) is 0 Å². The van der Waals surface area contributed by atoms with Crippen LogP contribution in [0.3, 0.4) is 0 Å². The first-order valence-electron chi connectivity index (χ1n) is 7.76. The quantitative estimate of drug-likeness (QED) is 0.233. The van der Waals surface area contributed by atoms with Gasteiger partial charge in [-0.3, -0.25) is 20.2 Å². The van der Waals surface area contributed by atoms with Gasteiger partial charge < -0.3 is 10.5 Å². The minimum atomic E-state index is -1.98. The summed E-state index contributed by atoms with van der Waals surface area (Å²) in [4.78, 5) is 39.2. The summed E-state index contributed by atoms with van der Waals surface area (Å²) >= 11 is 0.671. The highest BCUT2D eigenvalue weighted by Crippen LogP contribution is 2.28. The van der Waals surface area contributed by atoms with Gasteiger partial charge in [-0.15, -0.1) is 12.4 Å². The molecule has 0 aliphatic carbocycles. The van der Waals surface area contributed by atoms with Gasteiger partial charge >= 0.3 is 11.0 Å². The fraction of sp³-hybridized carbons (Fsp3) is 0.312. The minimum absolute atomic E-state index is 0. The van der Waals surface area contributed by atoms with E-state index in [0.717, 1.165) is 6.20 Å². The summed E-state index contributed by atoms with van der Waals surface area (Å²) in [5.74, 6) is -2.04. The van der Waals surface area contributed by atoms with Crippen molar-refractivity contribution in [2.75, 3.05) is 5.32 Å². The molecule has 27 heavy (non-hydrogen) atoms. The Morgan fingerprint density at radius 3 is 2.56 bits per heavy atom. The van der Waals surface area contributed by atoms with Crippen LogP contribution < -0.4 is 15.8 Å². The smallest absolute Gasteiger partial charge is 0.345 e. The van der Waals surface area contributed by atoms with E-state index >= 15 is 0 Å². The lowest BCUT2D eigenvalue weighted by molar-refractivity contribution is -0.380. The molecule has 2 aromatic rings. The van der Waals surface area contributed by atoms with Crippen LogP contribution in [0.25, 0.3) is 0 Å². The number of hydrogen-bond donors (Lipinski definition) is 2. The zero-order valence-corrected chi connectivity index (χ0v) is 16.2. The van der Waals surface area contributed by atoms with Crippen LogP contribution >= 0.6 is 23.7 Å². The number of benzene rings is 1. The van der Waals surface area contributed by atoms with Gasteiger partial charge in [-0.2, -0.15) is 0 Å². The highest BCUT2D eigenvalue weighted by molar-refractivity contribution is 7.18. The van der Waals surface area contributed by atoms with Crippen LogP contribution in [0.15, 0.2) is 36.5 Å². The third-order valence-corrected chi connectivity index (χ3v) is 4.82. The van der Waals surface area contributed by atoms with E-state index < -0.39 is 28.3 Å². The molecule has 1 aromatic heterocycles. The van der Waals surface area contributed by atoms with E-state index in [4.69, 9.17) is 10.5 Å². The zero-order valence-electron chi connectivity index (χ0n) is 14.6. The number of esters is 1. The molecule has 1 heterocycles. The number of amides is 1. The molecule has 2 atom stereocenters. The predicted octanol–water partition coefficient (Wildman–Crippen LogP) is 2.76. The summed E-state index contributed by atoms with van der Waals surface area (Å²) in [6.45, 7) is 3.43. The maximum absolute atomic E-state index is 12.7. The fourth-order valence-corrected chi connectivity index (χ4v) is 2.76. The monoisotopic (exact) mass is 414 g/mol. The number of nitro groups is 1. The number of carbonyl (C=O) groups excluding carboxylic acids is 2. The van der Waals surface area contributed by atoms with Crippen LogP contribution in [0.1, 0.15) is 20.3 Å². The van der Waals surface area contributed by atoms with Gasteiger partial charge in [0.1, 0.15) is 11.9 Å². The molecule has 0 bridgehead atoms. The molecule has 0 radical (unpaired) electrons. The molecule has 9 nitrogen and oxygen atoms in total. The normalized spacial score (nSPS) is 13.6. The lowest BCUT2D eigenvalue weighted by atomic mass is 9.83. The standard InChI is InChI=1S/C16H18N4O5S.ClH/c1-3-10(2)16(17,14(22)25-11-7-5-4-6-8-11)13(21)19-15-18-9-12(26-15)20(23)24;/h4-10H,3,17H2,1-2H3,(H,18,19,21);1H/t10-,16-;/m0./s1. The van der Waals surface area contributed by atoms with Gasteiger partial charge in [-0.1, -0.05) is 38.5 Å². The lowest BCUT2D eigenvalue weighted by Crippen LogP contribution is -2.63. The topological polar surface area (TPSA) is 137 Å². The highest BCUT2D eigenvalue weighted by atomic mass is 35.5. The third-order valence-electron chi connectivity index (χ3n) is 3.95. The van der Waals surface area contributed by atoms with Crippen molar-refractivity contribution in [3.8, 4) is 5.75 Å². The Balaban J connectivity index is 0.00000364. The number of nitrogens with two attached hydrogens (primary N) is 1. The van der Waals surface area contributed by atoms with E-state index in [1.165, 1.54) is 0 Å². The van der Waals surface area contributed by atoms with Crippen LogP contribution in [0.2, 0.25) is 0 Å². The predicted molar refractivity (Wildman–Crippen MR) is 103 cm³/mol. The summed E-state index contributed by atoms with van der Waals surface area (Å²) in [7, 11) is 0. The van der Waals surface area contributed by atoms with Gasteiger partial charge in [0.15, 0.2) is 10.7 Å². The Labute approximate surface area is 165 Å². The Kier molecular flexibility index (Phi) is 7.82. The minimum Gasteiger partial charge on any atom is -0.425 e. The molecule has 1 amide bonds. The zero-order chi connectivity index (χ0) is 19.3. The van der Waals surface area contributed by atoms with E-state index in [1.54, 1.807) is 44.2 Å². The molecular formula is C16H19ClN4O5S. The van der Waals surface area contributed by atoms with Crippen LogP contribution in [0.5, 0.6) is 5.75 Å². The van der Waals surface area contributed by atoms with Crippen LogP contribution in [-0.2, 0) is 9.59 Å². The Bertz CT molecular complexity index is 816. The summed E-state index contributed by atoms with van der Waals surface area (Å²) in [5.41, 5.74) is 4.18. The van der Waals surface area contributed by atoms with Crippen LogP contribution in [0.4, 0.5) is 10.1 Å². The van der Waals surface area contributed by atoms with E-state index in [1.807, 2.05) is 0 Å². The van der Waals surface area contributed by atoms with Crippen molar-refractivity contribution in [2.45, 2.75) is 25.8 Å². The third kappa shape index (κ3) is 5.00. The van der Waals surface area contributed by atoms with Crippen molar-refractivity contribution >= 4 is 45.8 Å². The summed E-state index contributed by atoms with van der Waals surface area (Å²) < 4.78 is 5.25. The first-order valence-corrected chi connectivity index (χ1v) is 8.58. The van der Waals surface area contributed by atoms with Crippen molar-refractivity contribution in [2.24, 2.45) is 11.7 Å². The van der Waals surface area contributed by atoms with Gasteiger partial charge in [-0.25, -0.2) is 9.78 Å². The van der Waals surface area contributed by atoms with E-state index in [0.29, 0.717) is 17.8 Å². The molecule has 0 unspecified atom stereocenters. The maximum atomic E-state index is 12.7. The molecule has 146 valence electrons. The molecule has 3 N–H and O–H groups in total. The largest absolute Gasteiger partial charge is 0.425 e. The first-order chi connectivity index (χ1) is 12.3. The summed E-state index contributed by atoms with van der Waals surface area (Å²) in [5, 5.41) is 12.8. The molecule has 0 saturated carbocycles.